The molecule has 0 spiro atoms. The van der Waals surface area contributed by atoms with Gasteiger partial charge in [-0.3, -0.25) is 4.99 Å². The number of aliphatic imine (C=N–C) groups is 1. The number of allylic oxidation sites excluding steroid dienone is 3. The number of halogens is 1. The number of fused-ring (bicyclic) bond motifs is 1. The van der Waals surface area contributed by atoms with Gasteiger partial charge >= 0.3 is 0 Å². The molecule has 1 aliphatic rings. The van der Waals surface area contributed by atoms with Crippen LogP contribution in [0.4, 0.5) is 4.39 Å². The summed E-state index contributed by atoms with van der Waals surface area (Å²) in [6, 6.07) is 4.58. The topological polar surface area (TPSA) is 30.2 Å². The summed E-state index contributed by atoms with van der Waals surface area (Å²) in [6.45, 7) is 0. The first-order chi connectivity index (χ1) is 8.77. The van der Waals surface area contributed by atoms with Crippen LogP contribution in [-0.4, -0.2) is 15.8 Å². The van der Waals surface area contributed by atoms with Gasteiger partial charge in [0.25, 0.3) is 0 Å². The van der Waals surface area contributed by atoms with Gasteiger partial charge in [-0.25, -0.2) is 9.37 Å². The minimum absolute atomic E-state index is 0.240. The van der Waals surface area contributed by atoms with Gasteiger partial charge in [0.2, 0.25) is 0 Å². The van der Waals surface area contributed by atoms with Crippen LogP contribution in [0.2, 0.25) is 0 Å². The Balaban J connectivity index is 0.000000149. The van der Waals surface area contributed by atoms with Crippen molar-refractivity contribution in [2.45, 2.75) is 6.42 Å². The van der Waals surface area contributed by atoms with E-state index in [9.17, 15) is 4.39 Å². The summed E-state index contributed by atoms with van der Waals surface area (Å²) in [6.07, 6.45) is 12.3. The summed E-state index contributed by atoms with van der Waals surface area (Å²) in [5.74, 6) is -0.240. The second-order valence-corrected chi connectivity index (χ2v) is 3.84. The van der Waals surface area contributed by atoms with Gasteiger partial charge in [0.05, 0.1) is 17.4 Å². The summed E-state index contributed by atoms with van der Waals surface area (Å²) in [5, 5.41) is 0. The van der Waals surface area contributed by atoms with Gasteiger partial charge in [0.15, 0.2) is 0 Å². The molecule has 0 bridgehead atoms. The van der Waals surface area contributed by atoms with Gasteiger partial charge < -0.3 is 4.57 Å². The van der Waals surface area contributed by atoms with E-state index in [0.717, 1.165) is 11.9 Å². The molecule has 0 saturated carbocycles. The highest BCUT2D eigenvalue weighted by molar-refractivity contribution is 5.74. The predicted molar refractivity (Wildman–Crippen MR) is 72.1 cm³/mol. The first kappa shape index (κ1) is 12.2. The lowest BCUT2D eigenvalue weighted by molar-refractivity contribution is 0.629. The zero-order chi connectivity index (χ0) is 12.8. The number of rotatable bonds is 0. The quantitative estimate of drug-likeness (QED) is 0.698. The lowest BCUT2D eigenvalue weighted by Gasteiger charge is -1.92. The fourth-order valence-corrected chi connectivity index (χ4v) is 1.55. The minimum Gasteiger partial charge on any atom is -0.334 e. The minimum atomic E-state index is -0.240. The molecule has 0 radical (unpaired) electrons. The molecule has 0 saturated heterocycles. The van der Waals surface area contributed by atoms with Crippen molar-refractivity contribution in [3.63, 3.8) is 0 Å². The maximum Gasteiger partial charge on any atom is 0.125 e. The molecule has 0 unspecified atom stereocenters. The van der Waals surface area contributed by atoms with Crippen molar-refractivity contribution < 1.29 is 4.39 Å². The lowest BCUT2D eigenvalue weighted by Crippen LogP contribution is -1.83. The molecule has 0 aliphatic carbocycles. The molecule has 4 heteroatoms. The highest BCUT2D eigenvalue weighted by Crippen LogP contribution is 2.12. The fraction of sp³-hybridized carbons (Fsp3) is 0.143. The summed E-state index contributed by atoms with van der Waals surface area (Å²) in [5.41, 5.74) is 1.65. The summed E-state index contributed by atoms with van der Waals surface area (Å²) >= 11 is 0. The van der Waals surface area contributed by atoms with E-state index in [1.807, 2.05) is 23.8 Å². The molecule has 0 fully saturated rings. The van der Waals surface area contributed by atoms with Crippen LogP contribution >= 0.6 is 0 Å². The number of imidazole rings is 1. The molecule has 3 rings (SSSR count). The average molecular weight is 243 g/mol. The molecule has 0 N–H and O–H groups in total. The van der Waals surface area contributed by atoms with Crippen LogP contribution in [0.3, 0.4) is 0 Å². The van der Waals surface area contributed by atoms with E-state index < -0.39 is 0 Å². The highest BCUT2D eigenvalue weighted by Gasteiger charge is 1.98. The van der Waals surface area contributed by atoms with Crippen molar-refractivity contribution in [3.8, 4) is 0 Å². The smallest absolute Gasteiger partial charge is 0.125 e. The standard InChI is InChI=1S/C8H7FN2.C6H7N/c1-11-5-10-7-4-6(9)2-3-8(7)11;1-2-4-6-7-5-3-1/h2-5H,1H3;1,3-6H,2H2. The first-order valence-corrected chi connectivity index (χ1v) is 5.67. The van der Waals surface area contributed by atoms with E-state index in [1.165, 1.54) is 12.1 Å². The van der Waals surface area contributed by atoms with Gasteiger partial charge in [0, 0.05) is 25.5 Å². The number of aromatic nitrogens is 2. The van der Waals surface area contributed by atoms with Gasteiger partial charge in [0.1, 0.15) is 5.82 Å². The van der Waals surface area contributed by atoms with Crippen LogP contribution in [0.25, 0.3) is 11.0 Å². The Labute approximate surface area is 105 Å². The Kier molecular flexibility index (Phi) is 4.02. The van der Waals surface area contributed by atoms with Crippen LogP contribution in [0.5, 0.6) is 0 Å². The largest absolute Gasteiger partial charge is 0.334 e. The van der Waals surface area contributed by atoms with E-state index in [4.69, 9.17) is 0 Å². The van der Waals surface area contributed by atoms with Crippen LogP contribution in [-0.2, 0) is 7.05 Å². The van der Waals surface area contributed by atoms with Crippen LogP contribution in [0, 0.1) is 5.82 Å². The SMILES string of the molecule is C1=CCC=CN=C1.Cn1cnc2cc(F)ccc21. The predicted octanol–water partition coefficient (Wildman–Crippen LogP) is 3.24. The molecule has 1 aromatic heterocycles. The molecule has 18 heavy (non-hydrogen) atoms. The van der Waals surface area contributed by atoms with Crippen molar-refractivity contribution in [1.82, 2.24) is 9.55 Å². The average Bonchev–Trinajstić information content (AvgIpc) is 2.62. The Hall–Kier alpha value is -2.23. The third kappa shape index (κ3) is 3.13. The summed E-state index contributed by atoms with van der Waals surface area (Å²) in [4.78, 5) is 7.88. The molecular weight excluding hydrogens is 229 g/mol. The molecule has 0 amide bonds. The maximum atomic E-state index is 12.6. The van der Waals surface area contributed by atoms with Crippen molar-refractivity contribution in [3.05, 3.63) is 54.8 Å². The van der Waals surface area contributed by atoms with Crippen molar-refractivity contribution in [2.24, 2.45) is 12.0 Å². The Morgan fingerprint density at radius 3 is 3.06 bits per heavy atom. The van der Waals surface area contributed by atoms with Crippen LogP contribution in [0.1, 0.15) is 6.42 Å². The van der Waals surface area contributed by atoms with Gasteiger partial charge in [-0.15, -0.1) is 0 Å². The monoisotopic (exact) mass is 243 g/mol. The first-order valence-electron chi connectivity index (χ1n) is 5.67. The number of nitrogens with zero attached hydrogens (tertiary/aromatic N) is 3. The molecule has 1 aromatic carbocycles. The zero-order valence-electron chi connectivity index (χ0n) is 10.1. The Bertz CT molecular complexity index is 595. The molecule has 2 heterocycles. The van der Waals surface area contributed by atoms with Crippen molar-refractivity contribution in [2.75, 3.05) is 0 Å². The third-order valence-electron chi connectivity index (χ3n) is 2.46. The molecule has 2 aromatic rings. The maximum absolute atomic E-state index is 12.6. The van der Waals surface area contributed by atoms with E-state index >= 15 is 0 Å². The molecule has 3 nitrogen and oxygen atoms in total. The van der Waals surface area contributed by atoms with Gasteiger partial charge in [-0.1, -0.05) is 12.2 Å². The second kappa shape index (κ2) is 5.91. The van der Waals surface area contributed by atoms with E-state index in [0.29, 0.717) is 5.52 Å². The Morgan fingerprint density at radius 1 is 1.28 bits per heavy atom. The lowest BCUT2D eigenvalue weighted by atomic mass is 10.3. The van der Waals surface area contributed by atoms with E-state index in [1.54, 1.807) is 24.8 Å². The highest BCUT2D eigenvalue weighted by atomic mass is 19.1. The molecular formula is C14H14FN3. The fourth-order valence-electron chi connectivity index (χ4n) is 1.55. The summed E-state index contributed by atoms with van der Waals surface area (Å²) in [7, 11) is 1.88. The van der Waals surface area contributed by atoms with Gasteiger partial charge in [-0.05, 0) is 24.6 Å². The summed E-state index contributed by atoms with van der Waals surface area (Å²) < 4.78 is 14.5. The zero-order valence-corrected chi connectivity index (χ0v) is 10.1. The molecule has 1 aliphatic heterocycles. The number of hydrogen-bond acceptors (Lipinski definition) is 2. The van der Waals surface area contributed by atoms with Crippen LogP contribution < -0.4 is 0 Å². The van der Waals surface area contributed by atoms with Gasteiger partial charge in [-0.2, -0.15) is 0 Å². The van der Waals surface area contributed by atoms with E-state index in [2.05, 4.69) is 16.1 Å². The number of hydrogen-bond donors (Lipinski definition) is 0. The van der Waals surface area contributed by atoms with E-state index in [-0.39, 0.29) is 5.82 Å². The Morgan fingerprint density at radius 2 is 2.17 bits per heavy atom. The van der Waals surface area contributed by atoms with Crippen molar-refractivity contribution >= 4 is 17.2 Å². The van der Waals surface area contributed by atoms with Crippen LogP contribution in [0.15, 0.2) is 53.9 Å². The molecule has 92 valence electrons. The normalized spacial score (nSPS) is 13.2. The number of benzene rings is 1. The second-order valence-electron chi connectivity index (χ2n) is 3.84. The molecule has 0 atom stereocenters. The third-order valence-corrected chi connectivity index (χ3v) is 2.46. The number of aryl methyl sites for hydroxylation is 1. The van der Waals surface area contributed by atoms with Crippen molar-refractivity contribution in [1.29, 1.82) is 0 Å².